The second-order valence-electron chi connectivity index (χ2n) is 5.63. The molecule has 2 heterocycles. The van der Waals surface area contributed by atoms with Crippen molar-refractivity contribution in [1.82, 2.24) is 14.9 Å². The van der Waals surface area contributed by atoms with E-state index < -0.39 is 5.97 Å². The number of nitrogens with zero attached hydrogens (tertiary/aromatic N) is 3. The van der Waals surface area contributed by atoms with Crippen molar-refractivity contribution in [3.63, 3.8) is 0 Å². The van der Waals surface area contributed by atoms with E-state index in [-0.39, 0.29) is 6.10 Å². The Balaban J connectivity index is 1.65. The molecule has 1 aliphatic rings. The van der Waals surface area contributed by atoms with Gasteiger partial charge in [-0.15, -0.1) is 0 Å². The Hall–Kier alpha value is -2.31. The summed E-state index contributed by atoms with van der Waals surface area (Å²) in [6.07, 6.45) is 1.70. The van der Waals surface area contributed by atoms with Gasteiger partial charge in [-0.05, 0) is 30.7 Å². The van der Waals surface area contributed by atoms with Gasteiger partial charge in [-0.2, -0.15) is 0 Å². The number of hydrogen-bond acceptors (Lipinski definition) is 5. The molecule has 0 amide bonds. The lowest BCUT2D eigenvalue weighted by Crippen LogP contribution is -2.38. The quantitative estimate of drug-likeness (QED) is 0.931. The van der Waals surface area contributed by atoms with E-state index in [1.165, 1.54) is 0 Å². The molecular weight excluding hydrogens is 294 g/mol. The van der Waals surface area contributed by atoms with Gasteiger partial charge in [-0.25, -0.2) is 14.8 Å². The van der Waals surface area contributed by atoms with Crippen molar-refractivity contribution in [2.75, 3.05) is 19.7 Å². The predicted molar refractivity (Wildman–Crippen MR) is 84.1 cm³/mol. The zero-order valence-corrected chi connectivity index (χ0v) is 13.0. The Morgan fingerprint density at radius 3 is 2.83 bits per heavy atom. The molecule has 2 aromatic rings. The molecule has 1 fully saturated rings. The highest BCUT2D eigenvalue weighted by Gasteiger charge is 2.23. The summed E-state index contributed by atoms with van der Waals surface area (Å²) in [6, 6.07) is 8.90. The number of benzene rings is 1. The van der Waals surface area contributed by atoms with Gasteiger partial charge in [-0.1, -0.05) is 12.1 Å². The van der Waals surface area contributed by atoms with Gasteiger partial charge in [0.05, 0.1) is 17.9 Å². The van der Waals surface area contributed by atoms with Gasteiger partial charge in [-0.3, -0.25) is 4.90 Å². The summed E-state index contributed by atoms with van der Waals surface area (Å²) < 4.78 is 5.83. The molecule has 0 saturated carbocycles. The van der Waals surface area contributed by atoms with Crippen LogP contribution in [0.3, 0.4) is 0 Å². The fourth-order valence-corrected chi connectivity index (χ4v) is 2.69. The first-order valence-corrected chi connectivity index (χ1v) is 7.57. The van der Waals surface area contributed by atoms with Crippen LogP contribution in [-0.2, 0) is 11.3 Å². The molecule has 1 aromatic heterocycles. The number of ether oxygens (including phenoxy) is 1. The minimum absolute atomic E-state index is 0.0521. The summed E-state index contributed by atoms with van der Waals surface area (Å²) in [5.74, 6) is -0.158. The summed E-state index contributed by atoms with van der Waals surface area (Å²) in [4.78, 5) is 21.7. The first-order valence-electron chi connectivity index (χ1n) is 7.57. The van der Waals surface area contributed by atoms with Crippen LogP contribution in [0.2, 0.25) is 0 Å². The number of aromatic nitrogens is 2. The fourth-order valence-electron chi connectivity index (χ4n) is 2.69. The maximum absolute atomic E-state index is 10.9. The van der Waals surface area contributed by atoms with Crippen molar-refractivity contribution < 1.29 is 14.6 Å². The fraction of sp³-hybridized carbons (Fsp3) is 0.353. The van der Waals surface area contributed by atoms with Crippen molar-refractivity contribution in [1.29, 1.82) is 0 Å². The van der Waals surface area contributed by atoms with Crippen LogP contribution in [0, 0.1) is 6.92 Å². The van der Waals surface area contributed by atoms with Crippen LogP contribution >= 0.6 is 0 Å². The molecule has 1 atom stereocenters. The minimum atomic E-state index is -0.901. The molecule has 0 bridgehead atoms. The van der Waals surface area contributed by atoms with Gasteiger partial charge < -0.3 is 9.84 Å². The number of carboxylic acid groups (broad SMARTS) is 1. The summed E-state index contributed by atoms with van der Waals surface area (Å²) in [5, 5.41) is 8.94. The van der Waals surface area contributed by atoms with Crippen LogP contribution in [0.4, 0.5) is 0 Å². The average Bonchev–Trinajstić information content (AvgIpc) is 2.56. The SMILES string of the molecule is Cc1nccc(C2CN(Cc3ccc(C(=O)O)cc3)CCO2)n1. The average molecular weight is 313 g/mol. The van der Waals surface area contributed by atoms with E-state index in [0.29, 0.717) is 12.2 Å². The van der Waals surface area contributed by atoms with E-state index in [2.05, 4.69) is 14.9 Å². The molecule has 1 aliphatic heterocycles. The Kier molecular flexibility index (Phi) is 4.64. The van der Waals surface area contributed by atoms with Gasteiger partial charge in [0.25, 0.3) is 0 Å². The highest BCUT2D eigenvalue weighted by Crippen LogP contribution is 2.21. The largest absolute Gasteiger partial charge is 0.478 e. The molecule has 0 aliphatic carbocycles. The second kappa shape index (κ2) is 6.85. The number of morpholine rings is 1. The van der Waals surface area contributed by atoms with Crippen molar-refractivity contribution in [3.05, 3.63) is 59.2 Å². The van der Waals surface area contributed by atoms with Crippen molar-refractivity contribution in [3.8, 4) is 0 Å². The smallest absolute Gasteiger partial charge is 0.335 e. The molecule has 6 nitrogen and oxygen atoms in total. The third kappa shape index (κ3) is 3.91. The molecule has 23 heavy (non-hydrogen) atoms. The molecule has 1 saturated heterocycles. The van der Waals surface area contributed by atoms with Gasteiger partial charge in [0, 0.05) is 25.8 Å². The third-order valence-corrected chi connectivity index (χ3v) is 3.89. The first-order chi connectivity index (χ1) is 11.1. The van der Waals surface area contributed by atoms with Gasteiger partial charge in [0.2, 0.25) is 0 Å². The van der Waals surface area contributed by atoms with E-state index in [1.807, 2.05) is 25.1 Å². The Labute approximate surface area is 134 Å². The van der Waals surface area contributed by atoms with E-state index in [9.17, 15) is 4.79 Å². The normalized spacial score (nSPS) is 18.7. The Bertz CT molecular complexity index is 688. The van der Waals surface area contributed by atoms with Crippen molar-refractivity contribution >= 4 is 5.97 Å². The molecule has 1 unspecified atom stereocenters. The van der Waals surface area contributed by atoms with Gasteiger partial charge in [0.15, 0.2) is 0 Å². The monoisotopic (exact) mass is 313 g/mol. The molecule has 3 rings (SSSR count). The Morgan fingerprint density at radius 2 is 2.13 bits per heavy atom. The molecular formula is C17H19N3O3. The summed E-state index contributed by atoms with van der Waals surface area (Å²) >= 11 is 0. The number of carbonyl (C=O) groups is 1. The number of aromatic carboxylic acids is 1. The zero-order chi connectivity index (χ0) is 16.2. The van der Waals surface area contributed by atoms with Crippen LogP contribution in [0.1, 0.15) is 33.5 Å². The molecule has 0 spiro atoms. The first kappa shape index (κ1) is 15.6. The van der Waals surface area contributed by atoms with E-state index in [1.54, 1.807) is 18.3 Å². The molecule has 6 heteroatoms. The van der Waals surface area contributed by atoms with E-state index >= 15 is 0 Å². The zero-order valence-electron chi connectivity index (χ0n) is 13.0. The summed E-state index contributed by atoms with van der Waals surface area (Å²) in [7, 11) is 0. The highest BCUT2D eigenvalue weighted by molar-refractivity contribution is 5.87. The van der Waals surface area contributed by atoms with Gasteiger partial charge >= 0.3 is 5.97 Å². The molecule has 0 radical (unpaired) electrons. The van der Waals surface area contributed by atoms with Crippen molar-refractivity contribution in [2.45, 2.75) is 19.6 Å². The maximum Gasteiger partial charge on any atom is 0.335 e. The third-order valence-electron chi connectivity index (χ3n) is 3.89. The standard InChI is InChI=1S/C17H19N3O3/c1-12-18-7-6-15(19-12)16-11-20(8-9-23-16)10-13-2-4-14(5-3-13)17(21)22/h2-7,16H,8-11H2,1H3,(H,21,22). The number of hydrogen-bond donors (Lipinski definition) is 1. The van der Waals surface area contributed by atoms with E-state index in [0.717, 1.165) is 36.7 Å². The Morgan fingerprint density at radius 1 is 1.35 bits per heavy atom. The minimum Gasteiger partial charge on any atom is -0.478 e. The predicted octanol–water partition coefficient (Wildman–Crippen LogP) is 2.06. The number of rotatable bonds is 4. The molecule has 1 N–H and O–H groups in total. The van der Waals surface area contributed by atoms with Crippen LogP contribution in [0.15, 0.2) is 36.5 Å². The van der Waals surface area contributed by atoms with Crippen molar-refractivity contribution in [2.24, 2.45) is 0 Å². The maximum atomic E-state index is 10.9. The lowest BCUT2D eigenvalue weighted by Gasteiger charge is -2.32. The van der Waals surface area contributed by atoms with Crippen LogP contribution in [0.5, 0.6) is 0 Å². The lowest BCUT2D eigenvalue weighted by molar-refractivity contribution is -0.0351. The second-order valence-corrected chi connectivity index (χ2v) is 5.63. The van der Waals surface area contributed by atoms with Crippen LogP contribution < -0.4 is 0 Å². The topological polar surface area (TPSA) is 75.6 Å². The molecule has 1 aromatic carbocycles. The van der Waals surface area contributed by atoms with Crippen LogP contribution in [0.25, 0.3) is 0 Å². The lowest BCUT2D eigenvalue weighted by atomic mass is 10.1. The highest BCUT2D eigenvalue weighted by atomic mass is 16.5. The summed E-state index contributed by atoms with van der Waals surface area (Å²) in [5.41, 5.74) is 2.31. The van der Waals surface area contributed by atoms with Crippen LogP contribution in [-0.4, -0.2) is 45.6 Å². The summed E-state index contributed by atoms with van der Waals surface area (Å²) in [6.45, 7) is 4.90. The molecule has 120 valence electrons. The number of aryl methyl sites for hydroxylation is 1. The number of carboxylic acids is 1. The van der Waals surface area contributed by atoms with E-state index in [4.69, 9.17) is 9.84 Å². The van der Waals surface area contributed by atoms with Gasteiger partial charge in [0.1, 0.15) is 11.9 Å².